The highest BCUT2D eigenvalue weighted by atomic mass is 79.9. The van der Waals surface area contributed by atoms with Gasteiger partial charge in [0, 0.05) is 17.6 Å². The molecular weight excluding hydrogens is 292 g/mol. The van der Waals surface area contributed by atoms with Crippen molar-refractivity contribution in [1.82, 2.24) is 9.62 Å². The summed E-state index contributed by atoms with van der Waals surface area (Å²) in [6, 6.07) is 6.56. The number of nitrogens with one attached hydrogen (secondary N) is 1. The van der Waals surface area contributed by atoms with E-state index >= 15 is 0 Å². The average molecular weight is 307 g/mol. The number of nitrogens with zero attached hydrogens (tertiary/aromatic N) is 1. The van der Waals surface area contributed by atoms with Crippen molar-refractivity contribution in [2.24, 2.45) is 0 Å². The zero-order chi connectivity index (χ0) is 12.2. The van der Waals surface area contributed by atoms with Crippen LogP contribution in [0, 0.1) is 0 Å². The highest BCUT2D eigenvalue weighted by Crippen LogP contribution is 2.14. The molecule has 1 N–H and O–H groups in total. The molecule has 0 aliphatic rings. The quantitative estimate of drug-likeness (QED) is 0.892. The van der Waals surface area contributed by atoms with Gasteiger partial charge < -0.3 is 4.90 Å². The van der Waals surface area contributed by atoms with Crippen molar-refractivity contribution >= 4 is 26.0 Å². The van der Waals surface area contributed by atoms with Gasteiger partial charge in [0.1, 0.15) is 0 Å². The Morgan fingerprint density at radius 1 is 1.25 bits per heavy atom. The zero-order valence-corrected chi connectivity index (χ0v) is 11.7. The van der Waals surface area contributed by atoms with E-state index in [1.54, 1.807) is 24.3 Å². The number of sulfonamides is 1. The van der Waals surface area contributed by atoms with Crippen LogP contribution in [0.2, 0.25) is 0 Å². The largest absolute Gasteiger partial charge is 0.308 e. The maximum Gasteiger partial charge on any atom is 0.240 e. The van der Waals surface area contributed by atoms with Crippen LogP contribution in [0.25, 0.3) is 0 Å². The fourth-order valence-electron chi connectivity index (χ4n) is 1.10. The number of likely N-dealkylation sites (N-methyl/N-ethyl adjacent to an activating group) is 1. The summed E-state index contributed by atoms with van der Waals surface area (Å²) in [7, 11) is 0.423. The first-order chi connectivity index (χ1) is 7.42. The lowest BCUT2D eigenvalue weighted by Crippen LogP contribution is -2.31. The Kier molecular flexibility index (Phi) is 4.91. The molecule has 0 bridgehead atoms. The van der Waals surface area contributed by atoms with Gasteiger partial charge in [-0.25, -0.2) is 13.1 Å². The van der Waals surface area contributed by atoms with E-state index in [9.17, 15) is 8.42 Å². The topological polar surface area (TPSA) is 49.4 Å². The first kappa shape index (κ1) is 13.6. The monoisotopic (exact) mass is 306 g/mol. The molecule has 16 heavy (non-hydrogen) atoms. The number of halogens is 1. The molecule has 90 valence electrons. The lowest BCUT2D eigenvalue weighted by Gasteiger charge is -2.10. The highest BCUT2D eigenvalue weighted by molar-refractivity contribution is 9.10. The van der Waals surface area contributed by atoms with Crippen LogP contribution >= 0.6 is 15.9 Å². The SMILES string of the molecule is CN(C)CCNS(=O)(=O)c1ccc(Br)cc1. The second kappa shape index (κ2) is 5.77. The predicted octanol–water partition coefficient (Wildman–Crippen LogP) is 1.29. The number of benzene rings is 1. The number of rotatable bonds is 5. The van der Waals surface area contributed by atoms with E-state index in [2.05, 4.69) is 20.7 Å². The summed E-state index contributed by atoms with van der Waals surface area (Å²) < 4.78 is 27.0. The molecule has 0 aliphatic heterocycles. The summed E-state index contributed by atoms with van der Waals surface area (Å²) >= 11 is 3.26. The molecule has 0 fully saturated rings. The van der Waals surface area contributed by atoms with Gasteiger partial charge in [-0.3, -0.25) is 0 Å². The van der Waals surface area contributed by atoms with Gasteiger partial charge >= 0.3 is 0 Å². The number of hydrogen-bond donors (Lipinski definition) is 1. The maximum absolute atomic E-state index is 11.8. The molecule has 0 saturated heterocycles. The Labute approximate surface area is 105 Å². The summed E-state index contributed by atoms with van der Waals surface area (Å²) in [5, 5.41) is 0. The predicted molar refractivity (Wildman–Crippen MR) is 67.9 cm³/mol. The molecule has 0 amide bonds. The van der Waals surface area contributed by atoms with Gasteiger partial charge in [-0.1, -0.05) is 15.9 Å². The van der Waals surface area contributed by atoms with E-state index in [4.69, 9.17) is 0 Å². The first-order valence-corrected chi connectivity index (χ1v) is 7.09. The Morgan fingerprint density at radius 3 is 2.31 bits per heavy atom. The van der Waals surface area contributed by atoms with Crippen LogP contribution in [0.5, 0.6) is 0 Å². The van der Waals surface area contributed by atoms with E-state index in [0.717, 1.165) is 4.47 Å². The molecule has 0 saturated carbocycles. The van der Waals surface area contributed by atoms with E-state index in [-0.39, 0.29) is 4.90 Å². The highest BCUT2D eigenvalue weighted by Gasteiger charge is 2.12. The molecule has 0 spiro atoms. The minimum Gasteiger partial charge on any atom is -0.308 e. The van der Waals surface area contributed by atoms with Gasteiger partial charge in [-0.2, -0.15) is 0 Å². The molecule has 0 radical (unpaired) electrons. The lowest BCUT2D eigenvalue weighted by molar-refractivity contribution is 0.412. The normalized spacial score (nSPS) is 12.0. The van der Waals surface area contributed by atoms with Crippen LogP contribution in [0.4, 0.5) is 0 Å². The van der Waals surface area contributed by atoms with Gasteiger partial charge in [-0.05, 0) is 38.4 Å². The molecule has 4 nitrogen and oxygen atoms in total. The third-order valence-electron chi connectivity index (χ3n) is 1.98. The first-order valence-electron chi connectivity index (χ1n) is 4.82. The molecule has 1 rings (SSSR count). The van der Waals surface area contributed by atoms with Crippen molar-refractivity contribution in [3.8, 4) is 0 Å². The Balaban J connectivity index is 2.67. The van der Waals surface area contributed by atoms with Crippen molar-refractivity contribution in [2.45, 2.75) is 4.90 Å². The standard InChI is InChI=1S/C10H15BrN2O2S/c1-13(2)8-7-12-16(14,15)10-5-3-9(11)4-6-10/h3-6,12H,7-8H2,1-2H3. The molecule has 0 aliphatic carbocycles. The molecule has 1 aromatic carbocycles. The molecular formula is C10H15BrN2O2S. The van der Waals surface area contributed by atoms with E-state index in [1.165, 1.54) is 0 Å². The third-order valence-corrected chi connectivity index (χ3v) is 3.98. The van der Waals surface area contributed by atoms with E-state index < -0.39 is 10.0 Å². The fraction of sp³-hybridized carbons (Fsp3) is 0.400. The molecule has 1 aromatic rings. The van der Waals surface area contributed by atoms with Gasteiger partial charge in [0.05, 0.1) is 4.90 Å². The second-order valence-electron chi connectivity index (χ2n) is 3.65. The third kappa shape index (κ3) is 4.21. The Hall–Kier alpha value is -0.430. The van der Waals surface area contributed by atoms with Gasteiger partial charge in [0.25, 0.3) is 0 Å². The van der Waals surface area contributed by atoms with E-state index in [1.807, 2.05) is 19.0 Å². The van der Waals surface area contributed by atoms with Gasteiger partial charge in [-0.15, -0.1) is 0 Å². The molecule has 0 heterocycles. The zero-order valence-electron chi connectivity index (χ0n) is 9.27. The van der Waals surface area contributed by atoms with Crippen LogP contribution in [0.15, 0.2) is 33.6 Å². The lowest BCUT2D eigenvalue weighted by atomic mass is 10.4. The molecule has 0 aromatic heterocycles. The summed E-state index contributed by atoms with van der Waals surface area (Å²) in [5.74, 6) is 0. The summed E-state index contributed by atoms with van der Waals surface area (Å²) in [5.41, 5.74) is 0. The van der Waals surface area contributed by atoms with Crippen molar-refractivity contribution in [2.75, 3.05) is 27.2 Å². The molecule has 0 unspecified atom stereocenters. The Bertz CT molecular complexity index is 429. The summed E-state index contributed by atoms with van der Waals surface area (Å²) in [6.45, 7) is 1.08. The fourth-order valence-corrected chi connectivity index (χ4v) is 2.39. The summed E-state index contributed by atoms with van der Waals surface area (Å²) in [4.78, 5) is 2.21. The second-order valence-corrected chi connectivity index (χ2v) is 6.34. The molecule has 6 heteroatoms. The minimum atomic E-state index is -3.37. The smallest absolute Gasteiger partial charge is 0.240 e. The van der Waals surface area contributed by atoms with Crippen LogP contribution < -0.4 is 4.72 Å². The minimum absolute atomic E-state index is 0.287. The van der Waals surface area contributed by atoms with Gasteiger partial charge in [0.2, 0.25) is 10.0 Å². The van der Waals surface area contributed by atoms with Crippen LogP contribution in [0.3, 0.4) is 0 Å². The van der Waals surface area contributed by atoms with Crippen LogP contribution in [-0.4, -0.2) is 40.5 Å². The van der Waals surface area contributed by atoms with Crippen molar-refractivity contribution in [1.29, 1.82) is 0 Å². The average Bonchev–Trinajstić information content (AvgIpc) is 2.17. The van der Waals surface area contributed by atoms with Gasteiger partial charge in [0.15, 0.2) is 0 Å². The molecule has 0 atom stereocenters. The maximum atomic E-state index is 11.8. The van der Waals surface area contributed by atoms with Crippen molar-refractivity contribution in [3.05, 3.63) is 28.7 Å². The van der Waals surface area contributed by atoms with Crippen LogP contribution in [0.1, 0.15) is 0 Å². The van der Waals surface area contributed by atoms with Crippen molar-refractivity contribution < 1.29 is 8.42 Å². The van der Waals surface area contributed by atoms with E-state index in [0.29, 0.717) is 13.1 Å². The van der Waals surface area contributed by atoms with Crippen molar-refractivity contribution in [3.63, 3.8) is 0 Å². The number of hydrogen-bond acceptors (Lipinski definition) is 3. The Morgan fingerprint density at radius 2 is 1.81 bits per heavy atom. The summed E-state index contributed by atoms with van der Waals surface area (Å²) in [6.07, 6.45) is 0. The van der Waals surface area contributed by atoms with Crippen LogP contribution in [-0.2, 0) is 10.0 Å².